The largest absolute Gasteiger partial charge is 0.507 e. The van der Waals surface area contributed by atoms with E-state index in [9.17, 15) is 14.7 Å². The Kier molecular flexibility index (Phi) is 5.45. The van der Waals surface area contributed by atoms with Gasteiger partial charge in [-0.05, 0) is 48.9 Å². The summed E-state index contributed by atoms with van der Waals surface area (Å²) < 4.78 is 0.829. The van der Waals surface area contributed by atoms with E-state index in [2.05, 4.69) is 20.9 Å². The molecule has 5 nitrogen and oxygen atoms in total. The third-order valence-corrected chi connectivity index (χ3v) is 5.72. The Morgan fingerprint density at radius 2 is 1.83 bits per heavy atom. The van der Waals surface area contributed by atoms with Gasteiger partial charge in [0.2, 0.25) is 0 Å². The molecule has 2 heterocycles. The van der Waals surface area contributed by atoms with Crippen LogP contribution in [0.25, 0.3) is 5.76 Å². The summed E-state index contributed by atoms with van der Waals surface area (Å²) >= 11 is 9.53. The second-order valence-electron chi connectivity index (χ2n) is 6.86. The van der Waals surface area contributed by atoms with Crippen molar-refractivity contribution in [3.63, 3.8) is 0 Å². The minimum atomic E-state index is -0.882. The van der Waals surface area contributed by atoms with Gasteiger partial charge >= 0.3 is 0 Å². The van der Waals surface area contributed by atoms with Gasteiger partial charge in [-0.1, -0.05) is 51.8 Å². The Labute approximate surface area is 186 Å². The molecular weight excluding hydrogens is 468 g/mol. The quantitative estimate of drug-likeness (QED) is 0.306. The number of aliphatic hydroxyl groups is 1. The zero-order chi connectivity index (χ0) is 21.4. The lowest BCUT2D eigenvalue weighted by Gasteiger charge is -2.26. The monoisotopic (exact) mass is 482 g/mol. The van der Waals surface area contributed by atoms with Crippen molar-refractivity contribution in [2.75, 3.05) is 4.90 Å². The molecule has 0 spiro atoms. The van der Waals surface area contributed by atoms with Gasteiger partial charge in [0.1, 0.15) is 11.8 Å². The summed E-state index contributed by atoms with van der Waals surface area (Å²) in [5.41, 5.74) is 2.15. The normalized spacial score (nSPS) is 18.1. The number of aromatic nitrogens is 1. The number of benzene rings is 2. The number of halogens is 2. The number of pyridine rings is 1. The molecule has 3 aromatic rings. The molecule has 1 amide bonds. The maximum absolute atomic E-state index is 13.1. The highest BCUT2D eigenvalue weighted by molar-refractivity contribution is 9.10. The Bertz CT molecular complexity index is 1180. The number of carbonyl (C=O) groups is 2. The number of Topliss-reactive ketones (excluding diaryl/α,β-unsaturated/α-hetero) is 1. The van der Waals surface area contributed by atoms with Gasteiger partial charge in [0, 0.05) is 26.9 Å². The topological polar surface area (TPSA) is 70.5 Å². The van der Waals surface area contributed by atoms with Gasteiger partial charge in [0.15, 0.2) is 0 Å². The zero-order valence-corrected chi connectivity index (χ0v) is 18.2. The molecule has 4 rings (SSSR count). The highest BCUT2D eigenvalue weighted by atomic mass is 79.9. The number of aliphatic hydroxyl groups excluding tert-OH is 1. The van der Waals surface area contributed by atoms with Gasteiger partial charge < -0.3 is 5.11 Å². The molecular formula is C23H16BrClN2O3. The second kappa shape index (κ2) is 8.05. The van der Waals surface area contributed by atoms with E-state index in [-0.39, 0.29) is 11.3 Å². The number of nitrogens with zero attached hydrogens (tertiary/aromatic N) is 2. The Hall–Kier alpha value is -2.96. The fourth-order valence-corrected chi connectivity index (χ4v) is 3.93. The summed E-state index contributed by atoms with van der Waals surface area (Å²) in [6, 6.07) is 16.3. The maximum Gasteiger partial charge on any atom is 0.300 e. The summed E-state index contributed by atoms with van der Waals surface area (Å²) in [6.07, 6.45) is 1.58. The highest BCUT2D eigenvalue weighted by Gasteiger charge is 2.48. The second-order valence-corrected chi connectivity index (χ2v) is 8.21. The lowest BCUT2D eigenvalue weighted by molar-refractivity contribution is -0.132. The van der Waals surface area contributed by atoms with Crippen LogP contribution in [0.15, 0.2) is 76.9 Å². The van der Waals surface area contributed by atoms with Gasteiger partial charge in [0.25, 0.3) is 11.7 Å². The molecule has 1 aliphatic rings. The first-order chi connectivity index (χ1) is 14.4. The molecule has 0 aliphatic carbocycles. The van der Waals surface area contributed by atoms with Crippen LogP contribution in [0, 0.1) is 6.92 Å². The minimum Gasteiger partial charge on any atom is -0.507 e. The molecule has 30 heavy (non-hydrogen) atoms. The molecule has 1 unspecified atom stereocenters. The number of hydrogen-bond donors (Lipinski definition) is 1. The molecule has 0 radical (unpaired) electrons. The van der Waals surface area contributed by atoms with E-state index in [0.29, 0.717) is 22.0 Å². The van der Waals surface area contributed by atoms with Crippen LogP contribution >= 0.6 is 27.5 Å². The van der Waals surface area contributed by atoms with E-state index in [1.165, 1.54) is 4.90 Å². The summed E-state index contributed by atoms with van der Waals surface area (Å²) in [5.74, 6) is -1.76. The van der Waals surface area contributed by atoms with Crippen molar-refractivity contribution in [2.24, 2.45) is 0 Å². The van der Waals surface area contributed by atoms with Gasteiger partial charge in [-0.25, -0.2) is 0 Å². The van der Waals surface area contributed by atoms with Crippen LogP contribution < -0.4 is 4.90 Å². The summed E-state index contributed by atoms with van der Waals surface area (Å²) in [7, 11) is 0. The number of ketones is 1. The van der Waals surface area contributed by atoms with Crippen LogP contribution in [0.3, 0.4) is 0 Å². The van der Waals surface area contributed by atoms with Gasteiger partial charge in [-0.15, -0.1) is 0 Å². The van der Waals surface area contributed by atoms with Gasteiger partial charge in [-0.3, -0.25) is 19.5 Å². The Balaban J connectivity index is 1.97. The van der Waals surface area contributed by atoms with E-state index in [1.807, 2.05) is 6.92 Å². The van der Waals surface area contributed by atoms with E-state index < -0.39 is 17.7 Å². The van der Waals surface area contributed by atoms with Crippen LogP contribution in [-0.4, -0.2) is 21.8 Å². The third kappa shape index (κ3) is 3.53. The standard InChI is InChI=1S/C23H16BrClN2O3/c1-13-5-10-16(25)12-18(13)27-20(17-4-2-3-11-26-17)19(22(29)23(27)30)21(28)14-6-8-15(24)9-7-14/h2-12,20,28H,1H3/b21-19+. The molecule has 2 aromatic carbocycles. The third-order valence-electron chi connectivity index (χ3n) is 4.96. The van der Waals surface area contributed by atoms with Crippen molar-refractivity contribution >= 4 is 50.7 Å². The Morgan fingerprint density at radius 1 is 1.10 bits per heavy atom. The van der Waals surface area contributed by atoms with Crippen molar-refractivity contribution in [1.82, 2.24) is 4.98 Å². The molecule has 0 saturated carbocycles. The zero-order valence-electron chi connectivity index (χ0n) is 15.8. The van der Waals surface area contributed by atoms with Crippen LogP contribution in [0.4, 0.5) is 5.69 Å². The van der Waals surface area contributed by atoms with Gasteiger partial charge in [-0.2, -0.15) is 0 Å². The van der Waals surface area contributed by atoms with Crippen LogP contribution in [0.1, 0.15) is 22.9 Å². The highest BCUT2D eigenvalue weighted by Crippen LogP contribution is 2.43. The average molecular weight is 484 g/mol. The number of rotatable bonds is 3. The molecule has 150 valence electrons. The fourth-order valence-electron chi connectivity index (χ4n) is 3.50. The van der Waals surface area contributed by atoms with Crippen molar-refractivity contribution in [3.8, 4) is 0 Å². The van der Waals surface area contributed by atoms with E-state index in [4.69, 9.17) is 11.6 Å². The molecule has 1 aliphatic heterocycles. The number of anilines is 1. The first-order valence-corrected chi connectivity index (χ1v) is 10.3. The lowest BCUT2D eigenvalue weighted by Crippen LogP contribution is -2.30. The van der Waals surface area contributed by atoms with Crippen molar-refractivity contribution in [2.45, 2.75) is 13.0 Å². The fraction of sp³-hybridized carbons (Fsp3) is 0.0870. The number of amides is 1. The lowest BCUT2D eigenvalue weighted by atomic mass is 9.98. The number of hydrogen-bond acceptors (Lipinski definition) is 4. The SMILES string of the molecule is Cc1ccc(Cl)cc1N1C(=O)C(=O)/C(=C(/O)c2ccc(Br)cc2)C1c1ccccn1. The van der Waals surface area contributed by atoms with Crippen molar-refractivity contribution in [1.29, 1.82) is 0 Å². The smallest absolute Gasteiger partial charge is 0.300 e. The molecule has 0 bridgehead atoms. The molecule has 1 saturated heterocycles. The van der Waals surface area contributed by atoms with Crippen molar-refractivity contribution in [3.05, 3.63) is 98.7 Å². The first-order valence-electron chi connectivity index (χ1n) is 9.12. The molecule has 1 aromatic heterocycles. The van der Waals surface area contributed by atoms with E-state index >= 15 is 0 Å². The summed E-state index contributed by atoms with van der Waals surface area (Å²) in [5, 5.41) is 11.5. The number of carbonyl (C=O) groups excluding carboxylic acids is 2. The van der Waals surface area contributed by atoms with E-state index in [1.54, 1.807) is 66.9 Å². The van der Waals surface area contributed by atoms with Crippen LogP contribution in [0.2, 0.25) is 5.02 Å². The van der Waals surface area contributed by atoms with E-state index in [0.717, 1.165) is 10.0 Å². The summed E-state index contributed by atoms with van der Waals surface area (Å²) in [6.45, 7) is 1.83. The van der Waals surface area contributed by atoms with Crippen LogP contribution in [0.5, 0.6) is 0 Å². The summed E-state index contributed by atoms with van der Waals surface area (Å²) in [4.78, 5) is 31.9. The predicted octanol–water partition coefficient (Wildman–Crippen LogP) is 5.43. The predicted molar refractivity (Wildman–Crippen MR) is 119 cm³/mol. The van der Waals surface area contributed by atoms with Crippen LogP contribution in [-0.2, 0) is 9.59 Å². The molecule has 1 N–H and O–H groups in total. The average Bonchev–Trinajstić information content (AvgIpc) is 3.01. The minimum absolute atomic E-state index is 0.0135. The van der Waals surface area contributed by atoms with Gasteiger partial charge in [0.05, 0.1) is 11.3 Å². The Morgan fingerprint density at radius 3 is 2.50 bits per heavy atom. The molecule has 1 fully saturated rings. The molecule has 1 atom stereocenters. The first kappa shape index (κ1) is 20.3. The number of aryl methyl sites for hydroxylation is 1. The maximum atomic E-state index is 13.1. The van der Waals surface area contributed by atoms with Crippen molar-refractivity contribution < 1.29 is 14.7 Å². The molecule has 7 heteroatoms.